The molecule has 0 aliphatic carbocycles. The summed E-state index contributed by atoms with van der Waals surface area (Å²) in [6.07, 6.45) is 10.8. The predicted octanol–water partition coefficient (Wildman–Crippen LogP) is 17.4. The second-order valence-electron chi connectivity index (χ2n) is 28.1. The van der Waals surface area contributed by atoms with Gasteiger partial charge >= 0.3 is 12.2 Å². The molecule has 2 amide bonds. The molecule has 0 saturated heterocycles. The lowest BCUT2D eigenvalue weighted by molar-refractivity contribution is 0.0512. The smallest absolute Gasteiger partial charge is 0.407 e. The fourth-order valence-corrected chi connectivity index (χ4v) is 12.6. The number of rotatable bonds is 16. The average molecular weight is 1670 g/mol. The molecule has 0 atom stereocenters. The number of H-pyrrole nitrogens is 2. The number of ether oxygens (including phenoxy) is 2. The van der Waals surface area contributed by atoms with Gasteiger partial charge in [0.15, 0.2) is 16.1 Å². The van der Waals surface area contributed by atoms with Crippen LogP contribution in [0.25, 0.3) is 33.4 Å². The number of nitrogens with two attached hydrogens (primary N) is 2. The van der Waals surface area contributed by atoms with Gasteiger partial charge < -0.3 is 62.4 Å². The van der Waals surface area contributed by atoms with E-state index in [1.807, 2.05) is 114 Å². The number of aromatic nitrogens is 10. The first kappa shape index (κ1) is 95.3. The summed E-state index contributed by atoms with van der Waals surface area (Å²) in [6, 6.07) is 49.1. The molecular formula is C86H102Cl5N21O4. The van der Waals surface area contributed by atoms with Crippen molar-refractivity contribution in [2.24, 2.45) is 11.5 Å². The van der Waals surface area contributed by atoms with Crippen LogP contribution >= 0.6 is 59.6 Å². The Bertz CT molecular complexity index is 5140. The van der Waals surface area contributed by atoms with Crippen molar-refractivity contribution in [3.63, 3.8) is 0 Å². The molecule has 0 spiro atoms. The van der Waals surface area contributed by atoms with Gasteiger partial charge in [-0.05, 0) is 176 Å². The zero-order valence-corrected chi connectivity index (χ0v) is 68.9. The predicted molar refractivity (Wildman–Crippen MR) is 467 cm³/mol. The number of fused-ring (bicyclic) bond motifs is 2. The Morgan fingerprint density at radius 1 is 0.500 bits per heavy atom. The Morgan fingerprint density at radius 3 is 1.39 bits per heavy atom. The van der Waals surface area contributed by atoms with Crippen molar-refractivity contribution in [2.75, 3.05) is 41.7 Å². The van der Waals surface area contributed by atoms with E-state index in [4.69, 9.17) is 71.3 Å². The van der Waals surface area contributed by atoms with E-state index in [0.717, 1.165) is 130 Å². The highest BCUT2D eigenvalue weighted by molar-refractivity contribution is 6.32. The van der Waals surface area contributed by atoms with Gasteiger partial charge in [0.25, 0.3) is 0 Å². The van der Waals surface area contributed by atoms with Crippen molar-refractivity contribution in [3.05, 3.63) is 264 Å². The first-order chi connectivity index (χ1) is 53.8. The molecule has 25 nitrogen and oxygen atoms in total. The number of alkyl carbamates (subject to hydrolysis) is 2. The third-order valence-electron chi connectivity index (χ3n) is 17.9. The number of benzene rings is 6. The number of nitrogens with one attached hydrogen (secondary N) is 7. The Balaban J connectivity index is 0.000000275. The largest absolute Gasteiger partial charge is 0.444 e. The van der Waals surface area contributed by atoms with E-state index in [9.17, 15) is 14.9 Å². The van der Waals surface area contributed by atoms with E-state index < -0.39 is 23.4 Å². The fraction of sp³-hybridized carbons (Fsp3) is 0.314. The van der Waals surface area contributed by atoms with Crippen LogP contribution in [-0.2, 0) is 74.4 Å². The first-order valence-electron chi connectivity index (χ1n) is 36.4. The summed E-state index contributed by atoms with van der Waals surface area (Å²) < 4.78 is 10.6. The summed E-state index contributed by atoms with van der Waals surface area (Å²) in [5.41, 5.74) is 33.1. The molecule has 11 N–H and O–H groups in total. The number of nitrogens with zero attached hydrogens (tertiary/aromatic N) is 12. The van der Waals surface area contributed by atoms with E-state index in [0.29, 0.717) is 62.5 Å². The molecule has 30 heteroatoms. The van der Waals surface area contributed by atoms with E-state index in [-0.39, 0.29) is 66.4 Å². The van der Waals surface area contributed by atoms with Crippen LogP contribution in [0.15, 0.2) is 159 Å². The molecule has 0 fully saturated rings. The maximum atomic E-state index is 12.0. The van der Waals surface area contributed by atoms with E-state index in [1.165, 1.54) is 40.5 Å². The lowest BCUT2D eigenvalue weighted by Crippen LogP contribution is -2.32. The van der Waals surface area contributed by atoms with E-state index in [2.05, 4.69) is 164 Å². The number of hydrogen-bond donors (Lipinski definition) is 9. The number of nitriles is 3. The lowest BCUT2D eigenvalue weighted by atomic mass is 9.95. The minimum atomic E-state index is -0.536. The van der Waals surface area contributed by atoms with Crippen molar-refractivity contribution in [1.29, 1.82) is 15.8 Å². The van der Waals surface area contributed by atoms with Crippen LogP contribution in [0.5, 0.6) is 0 Å². The number of carbonyl (C=O) groups is 2. The van der Waals surface area contributed by atoms with Crippen molar-refractivity contribution < 1.29 is 19.1 Å². The zero-order chi connectivity index (χ0) is 80.3. The molecule has 610 valence electrons. The molecule has 13 rings (SSSR count). The normalized spacial score (nSPS) is 11.7. The summed E-state index contributed by atoms with van der Waals surface area (Å²) in [5.74, 6) is 1.54. The quantitative estimate of drug-likeness (QED) is 0.0320. The van der Waals surface area contributed by atoms with Crippen LogP contribution in [0.2, 0.25) is 15.6 Å². The highest BCUT2D eigenvalue weighted by Gasteiger charge is 2.23. The minimum absolute atomic E-state index is 0. The Kier molecular flexibility index (Phi) is 38.1. The van der Waals surface area contributed by atoms with Crippen LogP contribution in [0.1, 0.15) is 146 Å². The summed E-state index contributed by atoms with van der Waals surface area (Å²) in [4.78, 5) is 65.4. The van der Waals surface area contributed by atoms with Gasteiger partial charge in [-0.25, -0.2) is 39.5 Å². The Morgan fingerprint density at radius 2 is 0.914 bits per heavy atom. The number of anilines is 3. The second kappa shape index (κ2) is 46.3. The maximum Gasteiger partial charge on any atom is 0.407 e. The molecule has 0 radical (unpaired) electrons. The number of amides is 2. The number of halogens is 5. The van der Waals surface area contributed by atoms with Crippen LogP contribution in [-0.4, -0.2) is 99.4 Å². The highest BCUT2D eigenvalue weighted by Crippen LogP contribution is 2.31. The number of imidazole rings is 2. The number of hydrogen-bond acceptors (Lipinski definition) is 21. The zero-order valence-electron chi connectivity index (χ0n) is 65.0. The van der Waals surface area contributed by atoms with Crippen LogP contribution < -0.4 is 43.0 Å². The fourth-order valence-electron chi connectivity index (χ4n) is 12.1. The van der Waals surface area contributed by atoms with Crippen LogP contribution in [0.3, 0.4) is 0 Å². The average Bonchev–Trinajstić information content (AvgIpc) is 0.859. The third kappa shape index (κ3) is 28.3. The minimum Gasteiger partial charge on any atom is -0.444 e. The molecule has 6 aromatic carbocycles. The summed E-state index contributed by atoms with van der Waals surface area (Å²) in [5, 5.41) is 42.7. The summed E-state index contributed by atoms with van der Waals surface area (Å²) in [6.45, 7) is 23.9. The molecule has 0 bridgehead atoms. The van der Waals surface area contributed by atoms with Gasteiger partial charge in [-0.2, -0.15) is 25.8 Å². The van der Waals surface area contributed by atoms with Gasteiger partial charge in [0.2, 0.25) is 17.2 Å². The van der Waals surface area contributed by atoms with Crippen molar-refractivity contribution in [3.8, 4) is 51.6 Å². The number of carbonyl (C=O) groups excluding carboxylic acids is 2. The number of aromatic amines is 2. The molecule has 11 aromatic rings. The van der Waals surface area contributed by atoms with E-state index in [1.54, 1.807) is 24.9 Å². The van der Waals surface area contributed by atoms with Gasteiger partial charge in [-0.15, -0.1) is 24.8 Å². The van der Waals surface area contributed by atoms with Gasteiger partial charge in [-0.3, -0.25) is 0 Å². The third-order valence-corrected chi connectivity index (χ3v) is 18.7. The molecule has 2 aliphatic rings. The second-order valence-corrected chi connectivity index (χ2v) is 29.2. The SMILES string of the molecule is C.C.Cc1c(CN)cccc1-c1cccc(CNC(=O)OC(C)(C)C)c1.Cc1c(CNc2ncc(C#N)c(Cl)n2)cccc1-c1cccc(CNC(=O)OC(C)(C)C)c1.Cc1c(CNc2ncc(C#N)c(N3CCc4nc[nH]c4CC3)n2)cccc1-c1cccc(CN)c1.Cl.Cl.N#Cc1cnc(Cl)nc1Cl.c1nc2c([nH]1)CCNCC2. The van der Waals surface area contributed by atoms with Crippen molar-refractivity contribution >= 4 is 89.5 Å². The van der Waals surface area contributed by atoms with E-state index >= 15 is 0 Å². The lowest BCUT2D eigenvalue weighted by Gasteiger charge is -2.22. The molecule has 116 heavy (non-hydrogen) atoms. The van der Waals surface area contributed by atoms with Gasteiger partial charge in [-0.1, -0.05) is 147 Å². The monoisotopic (exact) mass is 1670 g/mol. The first-order valence-corrected chi connectivity index (χ1v) is 37.6. The molecule has 5 aromatic heterocycles. The van der Waals surface area contributed by atoms with Gasteiger partial charge in [0.05, 0.1) is 42.6 Å². The topological polar surface area (TPSA) is 374 Å². The molecule has 2 aliphatic heterocycles. The Labute approximate surface area is 707 Å². The van der Waals surface area contributed by atoms with Crippen LogP contribution in [0.4, 0.5) is 27.3 Å². The summed E-state index contributed by atoms with van der Waals surface area (Å²) >= 11 is 16.8. The summed E-state index contributed by atoms with van der Waals surface area (Å²) in [7, 11) is 0. The van der Waals surface area contributed by atoms with Crippen LogP contribution in [0, 0.1) is 54.8 Å². The highest BCUT2D eigenvalue weighted by atomic mass is 35.5. The van der Waals surface area contributed by atoms with Crippen molar-refractivity contribution in [2.45, 2.75) is 153 Å². The van der Waals surface area contributed by atoms with Gasteiger partial charge in [0.1, 0.15) is 46.1 Å². The molecule has 0 saturated carbocycles. The standard InChI is InChI=1S/C27H28N8.C25H26ClN5O2.C20H26N2O2.C7H11N3.C5HCl2N3.2CH4.2ClH/c1-18-21(6-3-7-23(18)20-5-2-4-19(12-20)13-28)15-30-27-31-16-22(14-29)26(34-27)35-10-8-24-25(9-11-35)33-17-32-24;1-16-19(14-28-23-29-15-20(12-27)22(26)31-23)9-6-10-21(16)18-8-5-7-17(11-18)13-30-24(32)33-25(2,3)4;1-14-17(12-21)9-6-10-18(14)16-8-5-7-15(11-16)13-22-19(23)24-20(2,3)4;1-3-8-4-2-7-6(1)9-5-10-7;6-4-3(1-8)2-9-5(7)10-4;;;;/h2-7,12,16-17H,8-11,13,15,28H2,1H3,(H,32,33)(H,30,31,34);5-11,15H,13-14H2,1-4H3,(H,30,32)(H,28,29,31);5-11H,12-13,21H2,1-4H3,(H,22,23);5,8H,1-4H2,(H,9,10);2H;2*1H4;2*1H. The molecule has 7 heterocycles. The molecule has 0 unspecified atom stereocenters. The maximum absolute atomic E-state index is 12.0. The Hall–Kier alpha value is -11.3. The molecular weight excluding hydrogens is 1570 g/mol. The van der Waals surface area contributed by atoms with Gasteiger partial charge in [0, 0.05) is 103 Å². The van der Waals surface area contributed by atoms with Crippen molar-refractivity contribution in [1.82, 2.24) is 65.8 Å².